The van der Waals surface area contributed by atoms with Crippen LogP contribution in [-0.2, 0) is 11.8 Å². The molecule has 0 aromatic heterocycles. The highest BCUT2D eigenvalue weighted by Gasteiger charge is 2.62. The van der Waals surface area contributed by atoms with Gasteiger partial charge < -0.3 is 0 Å². The average Bonchev–Trinajstić information content (AvgIpc) is 2.84. The molecule has 1 aliphatic carbocycles. The highest BCUT2D eigenvalue weighted by molar-refractivity contribution is 5.45. The Kier molecular flexibility index (Phi) is 2.54. The van der Waals surface area contributed by atoms with Gasteiger partial charge in [0.2, 0.25) is 0 Å². The number of aryl methyl sites for hydroxylation is 1. The third-order valence-electron chi connectivity index (χ3n) is 3.91. The van der Waals surface area contributed by atoms with E-state index in [1.54, 1.807) is 0 Å². The van der Waals surface area contributed by atoms with Gasteiger partial charge in [-0.05, 0) is 29.4 Å². The summed E-state index contributed by atoms with van der Waals surface area (Å²) in [6.45, 7) is 6.54. The predicted octanol–water partition coefficient (Wildman–Crippen LogP) is 3.83. The molecule has 1 aliphatic rings. The minimum absolute atomic E-state index is 0.147. The SMILES string of the molecule is CCCc1ccc(C2(C#N)CC2(C)C)cc1. The second kappa shape index (κ2) is 3.63. The summed E-state index contributed by atoms with van der Waals surface area (Å²) in [5.41, 5.74) is 2.49. The van der Waals surface area contributed by atoms with Crippen LogP contribution in [0.15, 0.2) is 24.3 Å². The van der Waals surface area contributed by atoms with E-state index in [-0.39, 0.29) is 10.8 Å². The summed E-state index contributed by atoms with van der Waals surface area (Å²) in [6, 6.07) is 11.1. The van der Waals surface area contributed by atoms with Crippen molar-refractivity contribution in [2.45, 2.75) is 45.4 Å². The van der Waals surface area contributed by atoms with Gasteiger partial charge >= 0.3 is 0 Å². The van der Waals surface area contributed by atoms with Crippen LogP contribution in [0.4, 0.5) is 0 Å². The standard InChI is InChI=1S/C15H19N/c1-4-5-12-6-8-13(9-7-12)15(11-16)10-14(15,2)3/h6-9H,4-5,10H2,1-3H3. The Hall–Kier alpha value is -1.29. The Bertz CT molecular complexity index is 422. The highest BCUT2D eigenvalue weighted by atomic mass is 14.6. The third kappa shape index (κ3) is 1.53. The molecular formula is C15H19N. The molecule has 0 aliphatic heterocycles. The quantitative estimate of drug-likeness (QED) is 0.748. The molecule has 0 radical (unpaired) electrons. The average molecular weight is 213 g/mol. The molecule has 0 heterocycles. The lowest BCUT2D eigenvalue weighted by Gasteiger charge is -2.13. The topological polar surface area (TPSA) is 23.8 Å². The number of rotatable bonds is 3. The molecule has 0 bridgehead atoms. The molecule has 1 unspecified atom stereocenters. The van der Waals surface area contributed by atoms with Crippen molar-refractivity contribution in [2.24, 2.45) is 5.41 Å². The Morgan fingerprint density at radius 3 is 2.19 bits per heavy atom. The van der Waals surface area contributed by atoms with E-state index < -0.39 is 0 Å². The minimum Gasteiger partial charge on any atom is -0.197 e. The Morgan fingerprint density at radius 2 is 1.81 bits per heavy atom. The van der Waals surface area contributed by atoms with Gasteiger partial charge in [0.15, 0.2) is 0 Å². The lowest BCUT2D eigenvalue weighted by Crippen LogP contribution is -2.11. The van der Waals surface area contributed by atoms with E-state index in [9.17, 15) is 5.26 Å². The van der Waals surface area contributed by atoms with E-state index in [1.807, 2.05) is 0 Å². The number of nitriles is 1. The second-order valence-corrected chi connectivity index (χ2v) is 5.52. The van der Waals surface area contributed by atoms with Crippen LogP contribution in [-0.4, -0.2) is 0 Å². The Labute approximate surface area is 98.1 Å². The Morgan fingerprint density at radius 1 is 1.25 bits per heavy atom. The van der Waals surface area contributed by atoms with Crippen LogP contribution in [0.2, 0.25) is 0 Å². The number of hydrogen-bond donors (Lipinski definition) is 0. The summed E-state index contributed by atoms with van der Waals surface area (Å²) in [7, 11) is 0. The fourth-order valence-electron chi connectivity index (χ4n) is 2.61. The number of nitrogens with zero attached hydrogens (tertiary/aromatic N) is 1. The van der Waals surface area contributed by atoms with Crippen LogP contribution in [0.5, 0.6) is 0 Å². The van der Waals surface area contributed by atoms with Crippen LogP contribution in [0.3, 0.4) is 0 Å². The van der Waals surface area contributed by atoms with Crippen molar-refractivity contribution >= 4 is 0 Å². The molecule has 1 fully saturated rings. The largest absolute Gasteiger partial charge is 0.197 e. The van der Waals surface area contributed by atoms with Crippen LogP contribution in [0.1, 0.15) is 44.7 Å². The first-order valence-corrected chi connectivity index (χ1v) is 6.06. The van der Waals surface area contributed by atoms with Gasteiger partial charge in [-0.1, -0.05) is 51.5 Å². The van der Waals surface area contributed by atoms with E-state index >= 15 is 0 Å². The molecule has 0 N–H and O–H groups in total. The maximum absolute atomic E-state index is 9.37. The minimum atomic E-state index is -0.224. The van der Waals surface area contributed by atoms with Gasteiger partial charge in [0, 0.05) is 0 Å². The summed E-state index contributed by atoms with van der Waals surface area (Å²) < 4.78 is 0. The van der Waals surface area contributed by atoms with Gasteiger partial charge in [0.1, 0.15) is 0 Å². The highest BCUT2D eigenvalue weighted by Crippen LogP contribution is 2.63. The van der Waals surface area contributed by atoms with Crippen LogP contribution in [0, 0.1) is 16.7 Å². The zero-order chi connectivity index (χ0) is 11.8. The zero-order valence-corrected chi connectivity index (χ0v) is 10.4. The van der Waals surface area contributed by atoms with Gasteiger partial charge in [-0.25, -0.2) is 0 Å². The van der Waals surface area contributed by atoms with Gasteiger partial charge in [-0.2, -0.15) is 5.26 Å². The maximum Gasteiger partial charge on any atom is 0.0879 e. The molecule has 84 valence electrons. The van der Waals surface area contributed by atoms with Crippen LogP contribution in [0.25, 0.3) is 0 Å². The molecule has 0 amide bonds. The summed E-state index contributed by atoms with van der Waals surface area (Å²) >= 11 is 0. The van der Waals surface area contributed by atoms with E-state index in [0.29, 0.717) is 0 Å². The van der Waals surface area contributed by atoms with Gasteiger partial charge in [-0.3, -0.25) is 0 Å². The summed E-state index contributed by atoms with van der Waals surface area (Å²) in [4.78, 5) is 0. The van der Waals surface area contributed by atoms with Crippen LogP contribution >= 0.6 is 0 Å². The molecule has 1 saturated carbocycles. The molecular weight excluding hydrogens is 194 g/mol. The second-order valence-electron chi connectivity index (χ2n) is 5.52. The molecule has 16 heavy (non-hydrogen) atoms. The van der Waals surface area contributed by atoms with Gasteiger partial charge in [0.05, 0.1) is 11.5 Å². The first-order valence-electron chi connectivity index (χ1n) is 6.06. The molecule has 0 saturated heterocycles. The molecule has 2 rings (SSSR count). The van der Waals surface area contributed by atoms with Crippen molar-refractivity contribution in [1.29, 1.82) is 5.26 Å². The van der Waals surface area contributed by atoms with E-state index in [1.165, 1.54) is 17.5 Å². The van der Waals surface area contributed by atoms with E-state index in [4.69, 9.17) is 0 Å². The maximum atomic E-state index is 9.37. The lowest BCUT2D eigenvalue weighted by atomic mass is 9.88. The van der Waals surface area contributed by atoms with Crippen molar-refractivity contribution in [2.75, 3.05) is 0 Å². The number of hydrogen-bond acceptors (Lipinski definition) is 1. The summed E-state index contributed by atoms with van der Waals surface area (Å²) in [5, 5.41) is 9.37. The third-order valence-corrected chi connectivity index (χ3v) is 3.91. The normalized spacial score (nSPS) is 26.1. The number of benzene rings is 1. The van der Waals surface area contributed by atoms with Gasteiger partial charge in [-0.15, -0.1) is 0 Å². The van der Waals surface area contributed by atoms with Crippen molar-refractivity contribution in [1.82, 2.24) is 0 Å². The van der Waals surface area contributed by atoms with E-state index in [0.717, 1.165) is 12.8 Å². The molecule has 1 aromatic rings. The molecule has 0 spiro atoms. The molecule has 1 nitrogen and oxygen atoms in total. The monoisotopic (exact) mass is 213 g/mol. The first-order chi connectivity index (χ1) is 7.55. The fraction of sp³-hybridized carbons (Fsp3) is 0.533. The van der Waals surface area contributed by atoms with Crippen molar-refractivity contribution in [3.05, 3.63) is 35.4 Å². The first kappa shape index (κ1) is 11.2. The fourth-order valence-corrected chi connectivity index (χ4v) is 2.61. The van der Waals surface area contributed by atoms with Crippen LogP contribution < -0.4 is 0 Å². The summed E-state index contributed by atoms with van der Waals surface area (Å²) in [5.74, 6) is 0. The van der Waals surface area contributed by atoms with Crippen molar-refractivity contribution in [3.8, 4) is 6.07 Å². The Balaban J connectivity index is 2.27. The molecule has 1 atom stereocenters. The molecule has 1 aromatic carbocycles. The smallest absolute Gasteiger partial charge is 0.0879 e. The molecule has 1 heteroatoms. The zero-order valence-electron chi connectivity index (χ0n) is 10.4. The van der Waals surface area contributed by atoms with Crippen molar-refractivity contribution in [3.63, 3.8) is 0 Å². The lowest BCUT2D eigenvalue weighted by molar-refractivity contribution is 0.570. The van der Waals surface area contributed by atoms with Gasteiger partial charge in [0.25, 0.3) is 0 Å². The van der Waals surface area contributed by atoms with Crippen molar-refractivity contribution < 1.29 is 0 Å². The predicted molar refractivity (Wildman–Crippen MR) is 66.1 cm³/mol. The van der Waals surface area contributed by atoms with E-state index in [2.05, 4.69) is 51.1 Å². The summed E-state index contributed by atoms with van der Waals surface area (Å²) in [6.07, 6.45) is 3.29.